The average molecular weight is 1550 g/mol. The zero-order valence-corrected chi connectivity index (χ0v) is 73.3. The molecule has 17 nitrogen and oxygen atoms in total. The number of hydrogen-bond donors (Lipinski definition) is 9. The average Bonchev–Trinajstić information content (AvgIpc) is 1.61. The lowest BCUT2D eigenvalue weighted by Gasteiger charge is -2.35. The summed E-state index contributed by atoms with van der Waals surface area (Å²) in [5, 5.41) is 30.1. The van der Waals surface area contributed by atoms with Gasteiger partial charge in [-0.15, -0.1) is 35.3 Å². The van der Waals surface area contributed by atoms with Crippen molar-refractivity contribution in [2.75, 3.05) is 46.0 Å². The van der Waals surface area contributed by atoms with E-state index in [2.05, 4.69) is 216 Å². The van der Waals surface area contributed by atoms with Gasteiger partial charge in [0.25, 0.3) is 0 Å². The van der Waals surface area contributed by atoms with Crippen molar-refractivity contribution in [2.24, 2.45) is 58.3 Å². The molecule has 10 atom stereocenters. The largest absolute Gasteiger partial charge is 0.480 e. The molecule has 0 radical (unpaired) electrons. The summed E-state index contributed by atoms with van der Waals surface area (Å²) in [5.41, 5.74) is 17.2. The summed E-state index contributed by atoms with van der Waals surface area (Å²) in [6, 6.07) is 0.375. The van der Waals surface area contributed by atoms with E-state index in [9.17, 15) is 33.6 Å². The SMILES string of the molecule is CC(=O)N1C(C(C)C)CSC1(C)C.CC(=O)N1C(C)SCC1C(C)C.CC(=O)NC(CS)C(C)C.CC(=O)NC(CSSCC(NC(C)=O)C(C)C)C(=O)O.CC(C)C(N)CSSCC(N)C(=O)O.CC1=C(/C=C/C(C)=C/C=C/C(C)=C/C(C)C)C(C)(C)CCC1.CC1NC(C(C)C)CS1. The molecule has 0 aromatic heterocycles. The molecule has 3 saturated heterocycles. The predicted octanol–water partition coefficient (Wildman–Crippen LogP) is 16.1. The van der Waals surface area contributed by atoms with E-state index >= 15 is 0 Å². The Morgan fingerprint density at radius 2 is 1.16 bits per heavy atom. The number of aliphatic carboxylic acids is 2. The molecule has 0 aromatic rings. The lowest BCUT2D eigenvalue weighted by atomic mass is 9.72. The first-order valence-corrected chi connectivity index (χ1v) is 44.3. The van der Waals surface area contributed by atoms with Gasteiger partial charge in [0, 0.05) is 117 Å². The number of thioether (sulfide) groups is 3. The number of carboxylic acids is 2. The molecule has 1 aliphatic carbocycles. The molecular weight excluding hydrogens is 1410 g/mol. The fraction of sp³-hybridized carbons (Fsp3) is 0.773. The Labute approximate surface area is 642 Å². The van der Waals surface area contributed by atoms with Crippen LogP contribution in [-0.4, -0.2) is 171 Å². The van der Waals surface area contributed by atoms with E-state index in [1.54, 1.807) is 30.2 Å². The highest BCUT2D eigenvalue weighted by molar-refractivity contribution is 8.77. The Morgan fingerprint density at radius 1 is 0.640 bits per heavy atom. The third kappa shape index (κ3) is 46.6. The minimum atomic E-state index is -1.05. The van der Waals surface area contributed by atoms with E-state index in [4.69, 9.17) is 21.7 Å². The van der Waals surface area contributed by atoms with Crippen LogP contribution in [0.3, 0.4) is 0 Å². The Balaban J connectivity index is -0.00000112. The normalized spacial score (nSPS) is 21.1. The van der Waals surface area contributed by atoms with Crippen molar-refractivity contribution < 1.29 is 43.8 Å². The maximum Gasteiger partial charge on any atom is 0.327 e. The van der Waals surface area contributed by atoms with Crippen molar-refractivity contribution in [3.8, 4) is 0 Å². The van der Waals surface area contributed by atoms with E-state index in [0.29, 0.717) is 81.0 Å². The first-order valence-electron chi connectivity index (χ1n) is 35.6. The molecule has 3 fully saturated rings. The Morgan fingerprint density at radius 3 is 1.54 bits per heavy atom. The van der Waals surface area contributed by atoms with Crippen LogP contribution < -0.4 is 32.7 Å². The molecule has 10 unspecified atom stereocenters. The number of nitrogens with two attached hydrogens (primary N) is 2. The predicted molar refractivity (Wildman–Crippen MR) is 448 cm³/mol. The van der Waals surface area contributed by atoms with Crippen molar-refractivity contribution in [1.29, 1.82) is 0 Å². The summed E-state index contributed by atoms with van der Waals surface area (Å²) >= 11 is 9.89. The smallest absolute Gasteiger partial charge is 0.327 e. The molecule has 25 heteroatoms. The van der Waals surface area contributed by atoms with Gasteiger partial charge in [0.15, 0.2) is 0 Å². The van der Waals surface area contributed by atoms with Gasteiger partial charge in [-0.25, -0.2) is 4.79 Å². The van der Waals surface area contributed by atoms with Crippen molar-refractivity contribution in [3.63, 3.8) is 0 Å². The maximum atomic E-state index is 11.5. The third-order valence-electron chi connectivity index (χ3n) is 16.8. The van der Waals surface area contributed by atoms with Crippen LogP contribution in [0, 0.1) is 46.8 Å². The van der Waals surface area contributed by atoms with Crippen LogP contribution in [0.15, 0.2) is 58.7 Å². The van der Waals surface area contributed by atoms with Gasteiger partial charge in [0.1, 0.15) is 12.1 Å². The number of carbonyl (C=O) groups is 7. The van der Waals surface area contributed by atoms with Gasteiger partial charge in [-0.1, -0.05) is 207 Å². The fourth-order valence-corrected chi connectivity index (χ4v) is 20.2. The zero-order valence-electron chi connectivity index (χ0n) is 66.7. The lowest BCUT2D eigenvalue weighted by molar-refractivity contribution is -0.141. The van der Waals surface area contributed by atoms with E-state index in [-0.39, 0.29) is 58.3 Å². The molecule has 4 aliphatic rings. The van der Waals surface area contributed by atoms with Crippen molar-refractivity contribution in [2.45, 2.75) is 277 Å². The molecule has 3 heterocycles. The van der Waals surface area contributed by atoms with E-state index in [0.717, 1.165) is 29.2 Å². The van der Waals surface area contributed by atoms with Crippen LogP contribution in [0.5, 0.6) is 0 Å². The number of nitrogens with zero attached hydrogens (tertiary/aromatic N) is 2. The van der Waals surface area contributed by atoms with Gasteiger partial charge in [-0.3, -0.25) is 28.8 Å². The van der Waals surface area contributed by atoms with E-state index in [1.807, 2.05) is 58.9 Å². The Kier molecular flexibility index (Phi) is 55.3. The monoisotopic (exact) mass is 1550 g/mol. The first kappa shape index (κ1) is 102. The summed E-state index contributed by atoms with van der Waals surface area (Å²) in [5.74, 6) is 8.14. The topological polar surface area (TPSA) is 267 Å². The second kappa shape index (κ2) is 54.3. The van der Waals surface area contributed by atoms with Crippen LogP contribution in [-0.2, 0) is 33.6 Å². The summed E-state index contributed by atoms with van der Waals surface area (Å²) in [6.07, 6.45) is 17.3. The Hall–Kier alpha value is -2.33. The number of carbonyl (C=O) groups excluding carboxylic acids is 5. The molecular formula is C75H140N8O9S8. The molecule has 0 bridgehead atoms. The van der Waals surface area contributed by atoms with Gasteiger partial charge in [-0.05, 0) is 120 Å². The minimum absolute atomic E-state index is 0.0131. The van der Waals surface area contributed by atoms with Gasteiger partial charge < -0.3 is 52.7 Å². The quantitative estimate of drug-likeness (QED) is 0.0160. The lowest BCUT2D eigenvalue weighted by Crippen LogP contribution is -2.47. The number of nitrogens with one attached hydrogen (secondary N) is 4. The number of amides is 5. The highest BCUT2D eigenvalue weighted by atomic mass is 33.1. The first-order chi connectivity index (χ1) is 46.1. The fourth-order valence-electron chi connectivity index (χ4n) is 10.4. The molecule has 5 amide bonds. The molecule has 3 aliphatic heterocycles. The molecule has 582 valence electrons. The molecule has 10 N–H and O–H groups in total. The van der Waals surface area contributed by atoms with Crippen LogP contribution >= 0.6 is 91.1 Å². The molecule has 0 spiro atoms. The van der Waals surface area contributed by atoms with Crippen molar-refractivity contribution in [1.82, 2.24) is 31.1 Å². The van der Waals surface area contributed by atoms with Crippen LogP contribution in [0.25, 0.3) is 0 Å². The number of rotatable bonds is 27. The van der Waals surface area contributed by atoms with Gasteiger partial charge >= 0.3 is 11.9 Å². The molecule has 4 rings (SSSR count). The number of allylic oxidation sites excluding steroid dienone is 10. The van der Waals surface area contributed by atoms with Crippen LogP contribution in [0.2, 0.25) is 0 Å². The second-order valence-corrected chi connectivity index (χ2v) is 39.5. The second-order valence-electron chi connectivity index (χ2n) is 29.7. The summed E-state index contributed by atoms with van der Waals surface area (Å²) in [7, 11) is 5.92. The Bertz CT molecular complexity index is 2560. The van der Waals surface area contributed by atoms with E-state index < -0.39 is 24.0 Å². The summed E-state index contributed by atoms with van der Waals surface area (Å²) < 4.78 is 0. The molecule has 0 saturated carbocycles. The zero-order chi connectivity index (χ0) is 78.1. The van der Waals surface area contributed by atoms with Gasteiger partial charge in [-0.2, -0.15) is 12.6 Å². The van der Waals surface area contributed by atoms with Crippen molar-refractivity contribution >= 4 is 133 Å². The summed E-state index contributed by atoms with van der Waals surface area (Å²) in [6.45, 7) is 57.6. The number of hydrogen-bond acceptors (Lipinski definition) is 18. The van der Waals surface area contributed by atoms with Crippen LogP contribution in [0.4, 0.5) is 0 Å². The minimum Gasteiger partial charge on any atom is -0.480 e. The number of carboxylic acid groups (broad SMARTS) is 2. The number of thiol groups is 1. The van der Waals surface area contributed by atoms with Gasteiger partial charge in [0.05, 0.1) is 15.6 Å². The maximum absolute atomic E-state index is 11.5. The van der Waals surface area contributed by atoms with Crippen molar-refractivity contribution in [3.05, 3.63) is 58.7 Å². The van der Waals surface area contributed by atoms with Gasteiger partial charge in [0.2, 0.25) is 29.5 Å². The third-order valence-corrected chi connectivity index (χ3v) is 25.9. The summed E-state index contributed by atoms with van der Waals surface area (Å²) in [4.78, 5) is 80.6. The highest BCUT2D eigenvalue weighted by Gasteiger charge is 2.43. The molecule has 0 aromatic carbocycles. The molecule has 100 heavy (non-hydrogen) atoms. The van der Waals surface area contributed by atoms with Crippen LogP contribution in [0.1, 0.15) is 213 Å². The standard InChI is InChI=1S/C22H34.C12H22N2O4S2.C10H19NOS.C9H17NOS.C8H18N2O2S2.C7H15NOS.C7H15NS/c1-17(2)16-19(4)11-8-10-18(3)13-14-21-20(5)12-9-15-22(21,6)7;1-7(2)10(13-8(3)15)5-19-20-6-11(12(17)18)14-9(4)16;1-7(2)9-6-13-10(4,5)11(9)8(3)12;1-6(2)9-5-12-8(4)10(9)7(3)11;1-5(2)6(9)3-13-14-4-7(10)8(11)12;1-5(2)7(4-10)8-6(3)9;1-5(2)7-4-9-6(3)8-7/h8,10-11,13-14,16-17H,9,12,15H2,1-7H3;7,10-11H,5-6H2,1-4H3,(H,13,15)(H,14,16)(H,17,18);7,9H,6H2,1-5H3;6,8-9H,5H2,1-4H3;5-7H,3-4,9-10H2,1-2H3,(H,11,12);5,7,10H,4H2,1-3H3,(H,8,9);5-8H,4H2,1-3H3/b11-8+,14-13+,18-10+,19-16+;;;;;;. The van der Waals surface area contributed by atoms with E-state index in [1.165, 1.54) is 94.9 Å². The highest BCUT2D eigenvalue weighted by Crippen LogP contribution is 2.42.